The molecule has 0 N–H and O–H groups in total. The third-order valence-corrected chi connectivity index (χ3v) is 4.74. The largest absolute Gasteiger partial charge is 0.292 e. The molecule has 0 spiro atoms. The summed E-state index contributed by atoms with van der Waals surface area (Å²) >= 11 is 1.63. The van der Waals surface area contributed by atoms with Gasteiger partial charge in [-0.05, 0) is 23.3 Å². The number of aromatic nitrogens is 1. The number of carbonyl (C=O) groups excluding carboxylic acids is 1. The van der Waals surface area contributed by atoms with Gasteiger partial charge in [-0.2, -0.15) is 0 Å². The van der Waals surface area contributed by atoms with Crippen molar-refractivity contribution in [1.29, 1.82) is 0 Å². The number of nitrogens with zero attached hydrogens (tertiary/aromatic N) is 2. The number of carbonyl (C=O) groups is 1. The van der Waals surface area contributed by atoms with E-state index in [4.69, 9.17) is 0 Å². The molecule has 1 amide bonds. The average Bonchev–Trinajstić information content (AvgIpc) is 2.68. The van der Waals surface area contributed by atoms with Crippen molar-refractivity contribution in [1.82, 2.24) is 4.98 Å². The van der Waals surface area contributed by atoms with E-state index < -0.39 is 0 Å². The zero-order chi connectivity index (χ0) is 17.3. The van der Waals surface area contributed by atoms with E-state index in [1.54, 1.807) is 22.9 Å². The van der Waals surface area contributed by atoms with Gasteiger partial charge in [0.25, 0.3) is 0 Å². The Labute approximate surface area is 152 Å². The third kappa shape index (κ3) is 5.19. The molecule has 0 radical (unpaired) electrons. The number of pyridine rings is 1. The Morgan fingerprint density at radius 2 is 1.48 bits per heavy atom. The van der Waals surface area contributed by atoms with Crippen LogP contribution in [0.25, 0.3) is 0 Å². The van der Waals surface area contributed by atoms with Crippen LogP contribution in [0.5, 0.6) is 0 Å². The van der Waals surface area contributed by atoms with Crippen LogP contribution in [0, 0.1) is 0 Å². The van der Waals surface area contributed by atoms with Gasteiger partial charge >= 0.3 is 0 Å². The summed E-state index contributed by atoms with van der Waals surface area (Å²) in [5, 5.41) is 0. The highest BCUT2D eigenvalue weighted by molar-refractivity contribution is 7.99. The van der Waals surface area contributed by atoms with Crippen LogP contribution in [0.4, 0.5) is 5.82 Å². The van der Waals surface area contributed by atoms with E-state index in [2.05, 4.69) is 17.1 Å². The maximum Gasteiger partial charge on any atom is 0.238 e. The number of benzene rings is 2. The topological polar surface area (TPSA) is 33.2 Å². The first kappa shape index (κ1) is 17.2. The minimum Gasteiger partial charge on any atom is -0.292 e. The minimum absolute atomic E-state index is 0.0727. The van der Waals surface area contributed by atoms with Crippen LogP contribution in [-0.4, -0.2) is 16.6 Å². The number of amides is 1. The van der Waals surface area contributed by atoms with Crippen molar-refractivity contribution in [2.45, 2.75) is 12.3 Å². The average molecular weight is 348 g/mol. The zero-order valence-corrected chi connectivity index (χ0v) is 14.7. The molecule has 1 heterocycles. The molecule has 0 aliphatic rings. The Kier molecular flexibility index (Phi) is 6.23. The first-order chi connectivity index (χ1) is 12.3. The first-order valence-corrected chi connectivity index (χ1v) is 9.35. The van der Waals surface area contributed by atoms with Gasteiger partial charge < -0.3 is 0 Å². The number of hydrogen-bond acceptors (Lipinski definition) is 3. The highest BCUT2D eigenvalue weighted by Gasteiger charge is 2.17. The van der Waals surface area contributed by atoms with Crippen molar-refractivity contribution in [3.8, 4) is 0 Å². The van der Waals surface area contributed by atoms with Crippen LogP contribution in [-0.2, 0) is 17.1 Å². The summed E-state index contributed by atoms with van der Waals surface area (Å²) in [6.45, 7) is 0.530. The van der Waals surface area contributed by atoms with Crippen LogP contribution >= 0.6 is 11.8 Å². The second-order valence-electron chi connectivity index (χ2n) is 5.63. The fourth-order valence-electron chi connectivity index (χ4n) is 2.48. The maximum absolute atomic E-state index is 12.8. The summed E-state index contributed by atoms with van der Waals surface area (Å²) < 4.78 is 0. The molecule has 0 fully saturated rings. The Hall–Kier alpha value is -2.59. The van der Waals surface area contributed by atoms with Crippen LogP contribution in [0.3, 0.4) is 0 Å². The van der Waals surface area contributed by atoms with Gasteiger partial charge in [0.15, 0.2) is 0 Å². The third-order valence-electron chi connectivity index (χ3n) is 3.75. The lowest BCUT2D eigenvalue weighted by atomic mass is 10.2. The number of rotatable bonds is 7. The summed E-state index contributed by atoms with van der Waals surface area (Å²) in [6, 6.07) is 25.9. The molecule has 0 aliphatic carbocycles. The molecule has 0 aliphatic heterocycles. The van der Waals surface area contributed by atoms with E-state index in [1.165, 1.54) is 5.56 Å². The van der Waals surface area contributed by atoms with Crippen LogP contribution < -0.4 is 4.90 Å². The molecule has 25 heavy (non-hydrogen) atoms. The Morgan fingerprint density at radius 3 is 2.12 bits per heavy atom. The Morgan fingerprint density at radius 1 is 0.840 bits per heavy atom. The van der Waals surface area contributed by atoms with E-state index in [-0.39, 0.29) is 5.91 Å². The van der Waals surface area contributed by atoms with Gasteiger partial charge in [-0.1, -0.05) is 66.7 Å². The van der Waals surface area contributed by atoms with E-state index in [1.807, 2.05) is 66.7 Å². The minimum atomic E-state index is 0.0727. The molecule has 2 aromatic carbocycles. The highest BCUT2D eigenvalue weighted by atomic mass is 32.2. The number of thioether (sulfide) groups is 1. The molecule has 0 saturated heterocycles. The fraction of sp³-hybridized carbons (Fsp3) is 0.143. The predicted molar refractivity (Wildman–Crippen MR) is 104 cm³/mol. The second kappa shape index (κ2) is 9.04. The molecule has 0 atom stereocenters. The molecule has 3 aromatic rings. The molecule has 0 unspecified atom stereocenters. The van der Waals surface area contributed by atoms with Gasteiger partial charge in [0.1, 0.15) is 5.82 Å². The summed E-state index contributed by atoms with van der Waals surface area (Å²) in [4.78, 5) is 18.9. The highest BCUT2D eigenvalue weighted by Crippen LogP contribution is 2.18. The van der Waals surface area contributed by atoms with E-state index in [0.29, 0.717) is 18.1 Å². The summed E-state index contributed by atoms with van der Waals surface area (Å²) in [6.07, 6.45) is 1.72. The molecule has 1 aromatic heterocycles. The first-order valence-electron chi connectivity index (χ1n) is 8.20. The van der Waals surface area contributed by atoms with E-state index in [0.717, 1.165) is 11.3 Å². The van der Waals surface area contributed by atoms with Crippen LogP contribution in [0.1, 0.15) is 11.1 Å². The van der Waals surface area contributed by atoms with Crippen LogP contribution in [0.2, 0.25) is 0 Å². The van der Waals surface area contributed by atoms with Crippen molar-refractivity contribution in [2.75, 3.05) is 10.7 Å². The van der Waals surface area contributed by atoms with Gasteiger partial charge in [-0.15, -0.1) is 11.8 Å². The van der Waals surface area contributed by atoms with Crippen molar-refractivity contribution in [2.24, 2.45) is 0 Å². The van der Waals surface area contributed by atoms with E-state index in [9.17, 15) is 4.79 Å². The zero-order valence-electron chi connectivity index (χ0n) is 13.9. The Bertz CT molecular complexity index is 779. The Balaban J connectivity index is 1.67. The van der Waals surface area contributed by atoms with Crippen molar-refractivity contribution in [3.63, 3.8) is 0 Å². The number of anilines is 1. The molecule has 0 bridgehead atoms. The van der Waals surface area contributed by atoms with Gasteiger partial charge in [0.2, 0.25) is 5.91 Å². The van der Waals surface area contributed by atoms with Gasteiger partial charge in [0.05, 0.1) is 12.3 Å². The second-order valence-corrected chi connectivity index (χ2v) is 6.62. The quantitative estimate of drug-likeness (QED) is 0.628. The standard InChI is InChI=1S/C21H20N2OS/c24-21(17-25-16-19-11-5-2-6-12-19)23(20-13-7-8-14-22-20)15-18-9-3-1-4-10-18/h1-14H,15-17H2. The molecular formula is C21H20N2OS. The lowest BCUT2D eigenvalue weighted by Crippen LogP contribution is -2.32. The lowest BCUT2D eigenvalue weighted by Gasteiger charge is -2.22. The molecule has 0 saturated carbocycles. The molecule has 3 nitrogen and oxygen atoms in total. The van der Waals surface area contributed by atoms with Gasteiger partial charge in [0, 0.05) is 11.9 Å². The molecule has 126 valence electrons. The number of hydrogen-bond donors (Lipinski definition) is 0. The summed E-state index contributed by atoms with van der Waals surface area (Å²) in [5.41, 5.74) is 2.32. The molecule has 3 rings (SSSR count). The van der Waals surface area contributed by atoms with Crippen LogP contribution in [0.15, 0.2) is 85.1 Å². The van der Waals surface area contributed by atoms with Gasteiger partial charge in [-0.3, -0.25) is 9.69 Å². The predicted octanol–water partition coefficient (Wildman–Crippen LogP) is 4.55. The SMILES string of the molecule is O=C(CSCc1ccccc1)N(Cc1ccccc1)c1ccccn1. The molecule has 4 heteroatoms. The van der Waals surface area contributed by atoms with Crippen molar-refractivity contribution < 1.29 is 4.79 Å². The van der Waals surface area contributed by atoms with Gasteiger partial charge in [-0.25, -0.2) is 4.98 Å². The van der Waals surface area contributed by atoms with Crippen molar-refractivity contribution >= 4 is 23.5 Å². The normalized spacial score (nSPS) is 10.4. The molecular weight excluding hydrogens is 328 g/mol. The smallest absolute Gasteiger partial charge is 0.238 e. The van der Waals surface area contributed by atoms with E-state index >= 15 is 0 Å². The van der Waals surface area contributed by atoms with Crippen molar-refractivity contribution in [3.05, 3.63) is 96.2 Å². The lowest BCUT2D eigenvalue weighted by molar-refractivity contribution is -0.116. The summed E-state index contributed by atoms with van der Waals surface area (Å²) in [5.74, 6) is 2.02. The summed E-state index contributed by atoms with van der Waals surface area (Å²) in [7, 11) is 0. The maximum atomic E-state index is 12.8. The monoisotopic (exact) mass is 348 g/mol. The fourth-order valence-corrected chi connectivity index (χ4v) is 3.35.